The van der Waals surface area contributed by atoms with E-state index in [1.54, 1.807) is 0 Å². The van der Waals surface area contributed by atoms with E-state index >= 15 is 0 Å². The fourth-order valence-corrected chi connectivity index (χ4v) is 3.89. The quantitative estimate of drug-likeness (QED) is 0.281. The SMILES string of the molecule is CC(C)=CCCC(C)=CCCC(C)=CCCC(C)O[Si](C)(C)C. The van der Waals surface area contributed by atoms with E-state index < -0.39 is 8.32 Å². The van der Waals surface area contributed by atoms with Crippen LogP contribution in [0.3, 0.4) is 0 Å². The minimum atomic E-state index is -1.38. The van der Waals surface area contributed by atoms with Crippen LogP contribution in [-0.2, 0) is 4.43 Å². The van der Waals surface area contributed by atoms with Crippen molar-refractivity contribution in [1.82, 2.24) is 0 Å². The van der Waals surface area contributed by atoms with Crippen LogP contribution in [0.4, 0.5) is 0 Å². The molecule has 0 amide bonds. The third-order valence-electron chi connectivity index (χ3n) is 3.74. The molecule has 0 saturated heterocycles. The summed E-state index contributed by atoms with van der Waals surface area (Å²) in [7, 11) is -1.38. The molecule has 0 spiro atoms. The molecule has 0 aromatic heterocycles. The van der Waals surface area contributed by atoms with Crippen molar-refractivity contribution in [2.75, 3.05) is 0 Å². The van der Waals surface area contributed by atoms with Gasteiger partial charge in [-0.25, -0.2) is 0 Å². The summed E-state index contributed by atoms with van der Waals surface area (Å²) < 4.78 is 6.08. The predicted molar refractivity (Wildman–Crippen MR) is 109 cm³/mol. The molecule has 0 aliphatic carbocycles. The largest absolute Gasteiger partial charge is 0.415 e. The Balaban J connectivity index is 3.96. The van der Waals surface area contributed by atoms with Gasteiger partial charge in [-0.1, -0.05) is 34.9 Å². The molecule has 0 bridgehead atoms. The highest BCUT2D eigenvalue weighted by atomic mass is 28.4. The molecule has 2 heteroatoms. The standard InChI is InChI=1S/C21H40OSi/c1-18(2)12-9-13-19(3)14-10-15-20(4)16-11-17-21(5)22-23(6,7)8/h12,14,16,21H,9-11,13,15,17H2,1-8H3. The first kappa shape index (κ1) is 22.4. The molecule has 0 heterocycles. The second-order valence-electron chi connectivity index (χ2n) is 8.08. The number of hydrogen-bond donors (Lipinski definition) is 0. The maximum absolute atomic E-state index is 6.08. The van der Waals surface area contributed by atoms with Gasteiger partial charge >= 0.3 is 0 Å². The van der Waals surface area contributed by atoms with E-state index in [-0.39, 0.29) is 0 Å². The molecular weight excluding hydrogens is 296 g/mol. The first-order valence-corrected chi connectivity index (χ1v) is 12.6. The van der Waals surface area contributed by atoms with Gasteiger partial charge in [-0.3, -0.25) is 0 Å². The van der Waals surface area contributed by atoms with Crippen LogP contribution in [0.1, 0.15) is 73.1 Å². The lowest BCUT2D eigenvalue weighted by Crippen LogP contribution is -2.30. The van der Waals surface area contributed by atoms with Gasteiger partial charge in [-0.15, -0.1) is 0 Å². The molecule has 0 aromatic rings. The lowest BCUT2D eigenvalue weighted by molar-refractivity contribution is 0.205. The van der Waals surface area contributed by atoms with E-state index in [1.807, 2.05) is 0 Å². The van der Waals surface area contributed by atoms with Gasteiger partial charge in [0.2, 0.25) is 0 Å². The molecule has 0 rings (SSSR count). The van der Waals surface area contributed by atoms with Gasteiger partial charge in [0, 0.05) is 6.10 Å². The maximum Gasteiger partial charge on any atom is 0.184 e. The molecule has 1 nitrogen and oxygen atoms in total. The minimum absolute atomic E-state index is 0.392. The third-order valence-corrected chi connectivity index (χ3v) is 4.85. The summed E-state index contributed by atoms with van der Waals surface area (Å²) in [5, 5.41) is 0. The van der Waals surface area contributed by atoms with Crippen molar-refractivity contribution in [3.05, 3.63) is 34.9 Å². The Morgan fingerprint density at radius 2 is 1.30 bits per heavy atom. The van der Waals surface area contributed by atoms with E-state index in [0.29, 0.717) is 6.10 Å². The summed E-state index contributed by atoms with van der Waals surface area (Å²) in [5.41, 5.74) is 4.45. The van der Waals surface area contributed by atoms with Crippen LogP contribution in [0, 0.1) is 0 Å². The van der Waals surface area contributed by atoms with Gasteiger partial charge < -0.3 is 4.43 Å². The van der Waals surface area contributed by atoms with Crippen molar-refractivity contribution in [1.29, 1.82) is 0 Å². The van der Waals surface area contributed by atoms with Crippen molar-refractivity contribution in [3.8, 4) is 0 Å². The first-order valence-electron chi connectivity index (χ1n) is 9.22. The fraction of sp³-hybridized carbons (Fsp3) is 0.714. The topological polar surface area (TPSA) is 9.23 Å². The van der Waals surface area contributed by atoms with Crippen LogP contribution in [0.2, 0.25) is 19.6 Å². The van der Waals surface area contributed by atoms with Gasteiger partial charge in [-0.2, -0.15) is 0 Å². The number of allylic oxidation sites excluding steroid dienone is 6. The van der Waals surface area contributed by atoms with Crippen LogP contribution < -0.4 is 0 Å². The van der Waals surface area contributed by atoms with Crippen LogP contribution in [0.25, 0.3) is 0 Å². The molecule has 0 aliphatic heterocycles. The molecule has 0 aliphatic rings. The zero-order valence-corrected chi connectivity index (χ0v) is 18.0. The molecule has 0 aromatic carbocycles. The monoisotopic (exact) mass is 336 g/mol. The molecule has 0 fully saturated rings. The van der Waals surface area contributed by atoms with Gasteiger partial charge in [-0.05, 0) is 92.8 Å². The summed E-state index contributed by atoms with van der Waals surface area (Å²) in [6.45, 7) is 17.8. The Hall–Kier alpha value is -0.603. The summed E-state index contributed by atoms with van der Waals surface area (Å²) in [4.78, 5) is 0. The summed E-state index contributed by atoms with van der Waals surface area (Å²) in [6, 6.07) is 0. The summed E-state index contributed by atoms with van der Waals surface area (Å²) >= 11 is 0. The molecule has 23 heavy (non-hydrogen) atoms. The van der Waals surface area contributed by atoms with E-state index in [2.05, 4.69) is 72.5 Å². The average Bonchev–Trinajstić information content (AvgIpc) is 2.35. The highest BCUT2D eigenvalue weighted by molar-refractivity contribution is 6.69. The highest BCUT2D eigenvalue weighted by Crippen LogP contribution is 2.14. The van der Waals surface area contributed by atoms with E-state index in [4.69, 9.17) is 4.43 Å². The molecule has 1 unspecified atom stereocenters. The van der Waals surface area contributed by atoms with E-state index in [1.165, 1.54) is 42.4 Å². The van der Waals surface area contributed by atoms with Gasteiger partial charge in [0.1, 0.15) is 0 Å². The fourth-order valence-electron chi connectivity index (χ4n) is 2.57. The van der Waals surface area contributed by atoms with Gasteiger partial charge in [0.25, 0.3) is 0 Å². The number of hydrogen-bond acceptors (Lipinski definition) is 1. The van der Waals surface area contributed by atoms with Crippen LogP contribution >= 0.6 is 0 Å². The molecular formula is C21H40OSi. The third kappa shape index (κ3) is 16.0. The first-order chi connectivity index (χ1) is 10.6. The Bertz CT molecular complexity index is 406. The molecule has 0 saturated carbocycles. The Morgan fingerprint density at radius 1 is 0.826 bits per heavy atom. The molecule has 1 atom stereocenters. The van der Waals surface area contributed by atoms with Crippen molar-refractivity contribution in [3.63, 3.8) is 0 Å². The van der Waals surface area contributed by atoms with Crippen LogP contribution in [-0.4, -0.2) is 14.4 Å². The average molecular weight is 337 g/mol. The highest BCUT2D eigenvalue weighted by Gasteiger charge is 2.17. The molecule has 0 radical (unpaired) electrons. The summed E-state index contributed by atoms with van der Waals surface area (Å²) in [6.07, 6.45) is 14.5. The lowest BCUT2D eigenvalue weighted by Gasteiger charge is -2.23. The van der Waals surface area contributed by atoms with Crippen LogP contribution in [0.5, 0.6) is 0 Å². The second-order valence-corrected chi connectivity index (χ2v) is 12.5. The van der Waals surface area contributed by atoms with Crippen LogP contribution in [0.15, 0.2) is 34.9 Å². The van der Waals surface area contributed by atoms with Crippen molar-refractivity contribution < 1.29 is 4.43 Å². The maximum atomic E-state index is 6.08. The second kappa shape index (κ2) is 11.9. The van der Waals surface area contributed by atoms with Crippen molar-refractivity contribution in [2.45, 2.75) is 98.9 Å². The van der Waals surface area contributed by atoms with Crippen molar-refractivity contribution in [2.24, 2.45) is 0 Å². The zero-order chi connectivity index (χ0) is 17.9. The Morgan fingerprint density at radius 3 is 1.78 bits per heavy atom. The van der Waals surface area contributed by atoms with Gasteiger partial charge in [0.15, 0.2) is 8.32 Å². The predicted octanol–water partition coefficient (Wildman–Crippen LogP) is 7.43. The van der Waals surface area contributed by atoms with E-state index in [0.717, 1.165) is 12.8 Å². The number of rotatable bonds is 11. The molecule has 0 N–H and O–H groups in total. The zero-order valence-electron chi connectivity index (χ0n) is 17.0. The Kier molecular flexibility index (Phi) is 11.5. The minimum Gasteiger partial charge on any atom is -0.415 e. The van der Waals surface area contributed by atoms with Crippen molar-refractivity contribution >= 4 is 8.32 Å². The summed E-state index contributed by atoms with van der Waals surface area (Å²) in [5.74, 6) is 0. The van der Waals surface area contributed by atoms with Gasteiger partial charge in [0.05, 0.1) is 0 Å². The Labute approximate surface area is 147 Å². The smallest absolute Gasteiger partial charge is 0.184 e. The van der Waals surface area contributed by atoms with E-state index in [9.17, 15) is 0 Å². The lowest BCUT2D eigenvalue weighted by atomic mass is 10.1. The molecule has 134 valence electrons. The normalized spacial score (nSPS) is 14.8.